The van der Waals surface area contributed by atoms with Gasteiger partial charge in [0.1, 0.15) is 23.0 Å². The van der Waals surface area contributed by atoms with E-state index < -0.39 is 16.1 Å². The number of nitrogens with zero attached hydrogens (tertiary/aromatic N) is 2. The Hall–Kier alpha value is -7.91. The Morgan fingerprint density at radius 3 is 1.08 bits per heavy atom. The SMILES string of the molecule is Cc1ccccc1-c1nc(-c2cccc3c2Oc2ccccc2[Si]3(c2ccccc2)c2ccccc2)cc(-c2cccc3c2Oc2ccccc2[Si]3(c2ccccc2)c2ccccc2)n1. The topological polar surface area (TPSA) is 44.2 Å². The third-order valence-electron chi connectivity index (χ3n) is 13.3. The van der Waals surface area contributed by atoms with Crippen LogP contribution in [0.2, 0.25) is 0 Å². The van der Waals surface area contributed by atoms with Crippen molar-refractivity contribution in [2.75, 3.05) is 0 Å². The van der Waals surface area contributed by atoms with Gasteiger partial charge in [-0.3, -0.25) is 0 Å². The maximum absolute atomic E-state index is 7.19. The van der Waals surface area contributed by atoms with E-state index in [2.05, 4.69) is 244 Å². The van der Waals surface area contributed by atoms with Crippen LogP contribution in [0.4, 0.5) is 0 Å². The first kappa shape index (κ1) is 38.7. The quantitative estimate of drug-likeness (QED) is 0.151. The second-order valence-corrected chi connectivity index (χ2v) is 24.3. The molecule has 0 unspecified atom stereocenters. The maximum Gasteiger partial charge on any atom is 0.188 e. The highest BCUT2D eigenvalue weighted by molar-refractivity contribution is 7.21. The molecular formula is C59H42N2O2Si2. The van der Waals surface area contributed by atoms with Crippen LogP contribution in [0.5, 0.6) is 23.0 Å². The van der Waals surface area contributed by atoms with Crippen LogP contribution in [0.25, 0.3) is 33.9 Å². The number of ether oxygens (including phenoxy) is 2. The Morgan fingerprint density at radius 2 is 0.662 bits per heavy atom. The molecule has 4 nitrogen and oxygen atoms in total. The van der Waals surface area contributed by atoms with Crippen molar-refractivity contribution in [1.82, 2.24) is 9.97 Å². The predicted octanol–water partition coefficient (Wildman–Crippen LogP) is 8.75. The van der Waals surface area contributed by atoms with Crippen molar-refractivity contribution in [3.63, 3.8) is 0 Å². The zero-order valence-corrected chi connectivity index (χ0v) is 37.7. The summed E-state index contributed by atoms with van der Waals surface area (Å²) >= 11 is 0. The molecule has 0 aliphatic carbocycles. The van der Waals surface area contributed by atoms with E-state index in [-0.39, 0.29) is 0 Å². The maximum atomic E-state index is 7.19. The van der Waals surface area contributed by atoms with Crippen molar-refractivity contribution in [2.45, 2.75) is 6.92 Å². The van der Waals surface area contributed by atoms with E-state index >= 15 is 0 Å². The lowest BCUT2D eigenvalue weighted by Gasteiger charge is -2.40. The van der Waals surface area contributed by atoms with Crippen molar-refractivity contribution >= 4 is 57.6 Å². The number of aryl methyl sites for hydroxylation is 1. The average Bonchev–Trinajstić information content (AvgIpc) is 3.38. The van der Waals surface area contributed by atoms with Gasteiger partial charge in [0.2, 0.25) is 0 Å². The molecule has 308 valence electrons. The second kappa shape index (κ2) is 15.7. The summed E-state index contributed by atoms with van der Waals surface area (Å²) in [6.45, 7) is 2.12. The average molecular weight is 867 g/mol. The van der Waals surface area contributed by atoms with Crippen molar-refractivity contribution in [1.29, 1.82) is 0 Å². The lowest BCUT2D eigenvalue weighted by atomic mass is 10.0. The molecule has 0 atom stereocenters. The first-order valence-electron chi connectivity index (χ1n) is 22.2. The summed E-state index contributed by atoms with van der Waals surface area (Å²) < 4.78 is 14.4. The minimum atomic E-state index is -2.92. The normalized spacial score (nSPS) is 13.8. The molecule has 1 aromatic heterocycles. The predicted molar refractivity (Wildman–Crippen MR) is 270 cm³/mol. The molecule has 10 aromatic rings. The molecule has 0 radical (unpaired) electrons. The summed E-state index contributed by atoms with van der Waals surface area (Å²) in [7, 11) is -5.84. The van der Waals surface area contributed by atoms with Gasteiger partial charge in [-0.25, -0.2) is 9.97 Å². The summed E-state index contributed by atoms with van der Waals surface area (Å²) in [5.74, 6) is 4.03. The van der Waals surface area contributed by atoms with Crippen LogP contribution in [0.1, 0.15) is 5.56 Å². The fourth-order valence-corrected chi connectivity index (χ4v) is 20.5. The monoisotopic (exact) mass is 866 g/mol. The standard InChI is InChI=1S/C59H42N2O2Si2/c1-41-22-14-15-31-46(41)59-60-49(47-32-20-38-55-57(47)62-51-34-16-18-36-53(51)64(55,42-23-6-2-7-24-42)43-25-8-3-9-26-43)40-50(61-59)48-33-21-39-56-58(48)63-52-35-17-19-37-54(52)65(56,44-27-10-4-11-28-44)45-29-12-5-13-30-45/h2-40H,1H3. The van der Waals surface area contributed by atoms with E-state index in [1.807, 2.05) is 0 Å². The van der Waals surface area contributed by atoms with Crippen LogP contribution in [0.15, 0.2) is 237 Å². The Balaban J connectivity index is 1.14. The van der Waals surface area contributed by atoms with E-state index in [4.69, 9.17) is 19.4 Å². The second-order valence-electron chi connectivity index (χ2n) is 16.8. The Morgan fingerprint density at radius 1 is 0.323 bits per heavy atom. The largest absolute Gasteiger partial charge is 0.457 e. The van der Waals surface area contributed by atoms with Gasteiger partial charge in [0, 0.05) is 16.7 Å². The zero-order chi connectivity index (χ0) is 43.4. The molecular weight excluding hydrogens is 825 g/mol. The third kappa shape index (κ3) is 6.02. The first-order chi connectivity index (χ1) is 32.2. The summed E-state index contributed by atoms with van der Waals surface area (Å²) in [6, 6.07) is 85.0. The zero-order valence-electron chi connectivity index (χ0n) is 35.7. The van der Waals surface area contributed by atoms with Crippen LogP contribution in [0.3, 0.4) is 0 Å². The Bertz CT molecular complexity index is 3120. The van der Waals surface area contributed by atoms with Gasteiger partial charge >= 0.3 is 0 Å². The lowest BCUT2D eigenvalue weighted by Crippen LogP contribution is -2.76. The van der Waals surface area contributed by atoms with Crippen molar-refractivity contribution in [3.05, 3.63) is 242 Å². The fourth-order valence-electron chi connectivity index (χ4n) is 10.5. The van der Waals surface area contributed by atoms with Crippen LogP contribution < -0.4 is 51.0 Å². The van der Waals surface area contributed by atoms with Crippen LogP contribution in [-0.2, 0) is 0 Å². The molecule has 0 N–H and O–H groups in total. The molecule has 9 aromatic carbocycles. The van der Waals surface area contributed by atoms with Gasteiger partial charge < -0.3 is 9.47 Å². The van der Waals surface area contributed by atoms with Crippen molar-refractivity contribution < 1.29 is 9.47 Å². The number of rotatable bonds is 7. The molecule has 0 saturated heterocycles. The Labute approximate surface area is 381 Å². The minimum Gasteiger partial charge on any atom is -0.457 e. The van der Waals surface area contributed by atoms with E-state index in [9.17, 15) is 0 Å². The number of aromatic nitrogens is 2. The molecule has 12 rings (SSSR count). The molecule has 0 bridgehead atoms. The smallest absolute Gasteiger partial charge is 0.188 e. The van der Waals surface area contributed by atoms with Gasteiger partial charge in [0.15, 0.2) is 22.0 Å². The molecule has 0 amide bonds. The molecule has 3 heterocycles. The van der Waals surface area contributed by atoms with Crippen LogP contribution >= 0.6 is 0 Å². The summed E-state index contributed by atoms with van der Waals surface area (Å²) in [5.41, 5.74) is 5.43. The summed E-state index contributed by atoms with van der Waals surface area (Å²) in [6.07, 6.45) is 0. The number of para-hydroxylation sites is 4. The van der Waals surface area contributed by atoms with Gasteiger partial charge in [0.05, 0.1) is 11.4 Å². The number of fused-ring (bicyclic) bond motifs is 4. The third-order valence-corrected chi connectivity index (χ3v) is 23.0. The molecule has 0 saturated carbocycles. The van der Waals surface area contributed by atoms with Gasteiger partial charge in [-0.2, -0.15) is 0 Å². The van der Waals surface area contributed by atoms with Crippen molar-refractivity contribution in [3.8, 4) is 56.9 Å². The molecule has 2 aliphatic rings. The molecule has 0 spiro atoms. The minimum absolute atomic E-state index is 0.641. The molecule has 0 fully saturated rings. The van der Waals surface area contributed by atoms with Crippen LogP contribution in [0, 0.1) is 6.92 Å². The fraction of sp³-hybridized carbons (Fsp3) is 0.0169. The highest BCUT2D eigenvalue weighted by atomic mass is 28.3. The number of benzene rings is 9. The Kier molecular flexibility index (Phi) is 9.37. The highest BCUT2D eigenvalue weighted by Gasteiger charge is 2.50. The number of hydrogen-bond donors (Lipinski definition) is 0. The molecule has 65 heavy (non-hydrogen) atoms. The molecule has 6 heteroatoms. The van der Waals surface area contributed by atoms with Crippen molar-refractivity contribution in [2.24, 2.45) is 0 Å². The van der Waals surface area contributed by atoms with E-state index in [1.165, 1.54) is 41.5 Å². The molecule has 2 aliphatic heterocycles. The van der Waals surface area contributed by atoms with E-state index in [0.717, 1.165) is 56.6 Å². The van der Waals surface area contributed by atoms with Crippen LogP contribution in [-0.4, -0.2) is 26.1 Å². The summed E-state index contributed by atoms with van der Waals surface area (Å²) in [5, 5.41) is 9.99. The van der Waals surface area contributed by atoms with Gasteiger partial charge in [-0.15, -0.1) is 0 Å². The lowest BCUT2D eigenvalue weighted by molar-refractivity contribution is 0.488. The van der Waals surface area contributed by atoms with E-state index in [0.29, 0.717) is 5.82 Å². The first-order valence-corrected chi connectivity index (χ1v) is 26.2. The summed E-state index contributed by atoms with van der Waals surface area (Å²) in [4.78, 5) is 11.0. The number of hydrogen-bond acceptors (Lipinski definition) is 4. The van der Waals surface area contributed by atoms with E-state index in [1.54, 1.807) is 0 Å². The van der Waals surface area contributed by atoms with Gasteiger partial charge in [-0.05, 0) is 84.3 Å². The van der Waals surface area contributed by atoms with Gasteiger partial charge in [0.25, 0.3) is 0 Å². The van der Waals surface area contributed by atoms with Gasteiger partial charge in [-0.1, -0.05) is 206 Å². The highest BCUT2D eigenvalue weighted by Crippen LogP contribution is 2.41.